The first kappa shape index (κ1) is 15.8. The molecule has 22 heavy (non-hydrogen) atoms. The van der Waals surface area contributed by atoms with Gasteiger partial charge in [-0.1, -0.05) is 12.1 Å². The van der Waals surface area contributed by atoms with Crippen LogP contribution in [0.4, 0.5) is 10.1 Å². The van der Waals surface area contributed by atoms with Crippen molar-refractivity contribution in [2.24, 2.45) is 0 Å². The fourth-order valence-corrected chi connectivity index (χ4v) is 3.03. The molecular weight excluding hydrogens is 313 g/mol. The third-order valence-corrected chi connectivity index (χ3v) is 4.20. The Balaban J connectivity index is 2.45. The third kappa shape index (κ3) is 3.17. The van der Waals surface area contributed by atoms with Crippen molar-refractivity contribution in [2.75, 3.05) is 11.8 Å². The smallest absolute Gasteiger partial charge is 0.339 e. The molecule has 0 radical (unpaired) electrons. The lowest BCUT2D eigenvalue weighted by Gasteiger charge is -2.11. The van der Waals surface area contributed by atoms with Crippen molar-refractivity contribution in [3.63, 3.8) is 0 Å². The van der Waals surface area contributed by atoms with Gasteiger partial charge in [0.1, 0.15) is 10.6 Å². The number of halogens is 1. The van der Waals surface area contributed by atoms with E-state index in [0.29, 0.717) is 0 Å². The van der Waals surface area contributed by atoms with Crippen LogP contribution in [0.15, 0.2) is 47.4 Å². The second-order valence-corrected chi connectivity index (χ2v) is 5.91. The molecule has 0 unspecified atom stereocenters. The van der Waals surface area contributed by atoms with E-state index in [9.17, 15) is 17.6 Å². The molecule has 0 aliphatic rings. The molecular formula is C14H12FNO5S. The number of anilines is 1. The summed E-state index contributed by atoms with van der Waals surface area (Å²) in [5.41, 5.74) is -0.519. The molecule has 0 bridgehead atoms. The van der Waals surface area contributed by atoms with Gasteiger partial charge in [0, 0.05) is 6.07 Å². The number of hydrogen-bond acceptors (Lipinski definition) is 5. The molecule has 8 heteroatoms. The number of carbonyl (C=O) groups is 1. The van der Waals surface area contributed by atoms with E-state index in [1.807, 2.05) is 4.72 Å². The zero-order chi connectivity index (χ0) is 16.3. The molecule has 0 spiro atoms. The van der Waals surface area contributed by atoms with Crippen molar-refractivity contribution < 1.29 is 27.4 Å². The van der Waals surface area contributed by atoms with Gasteiger partial charge < -0.3 is 9.84 Å². The highest BCUT2D eigenvalue weighted by atomic mass is 32.2. The molecule has 0 aliphatic carbocycles. The van der Waals surface area contributed by atoms with Crippen molar-refractivity contribution in [3.8, 4) is 5.75 Å². The predicted octanol–water partition coefficient (Wildman–Crippen LogP) is 2.12. The lowest BCUT2D eigenvalue weighted by Crippen LogP contribution is -2.18. The fourth-order valence-electron chi connectivity index (χ4n) is 1.77. The van der Waals surface area contributed by atoms with Crippen molar-refractivity contribution in [2.45, 2.75) is 4.90 Å². The number of sulfonamides is 1. The van der Waals surface area contributed by atoms with Gasteiger partial charge in [0.15, 0.2) is 5.82 Å². The van der Waals surface area contributed by atoms with E-state index < -0.39 is 21.8 Å². The van der Waals surface area contributed by atoms with Crippen molar-refractivity contribution in [1.82, 2.24) is 0 Å². The van der Waals surface area contributed by atoms with Crippen LogP contribution in [0.25, 0.3) is 0 Å². The largest absolute Gasteiger partial charge is 0.508 e. The summed E-state index contributed by atoms with van der Waals surface area (Å²) in [6.45, 7) is 0. The van der Waals surface area contributed by atoms with Crippen LogP contribution in [0.1, 0.15) is 10.4 Å². The Labute approximate surface area is 126 Å². The van der Waals surface area contributed by atoms with Gasteiger partial charge in [-0.15, -0.1) is 0 Å². The molecule has 2 aromatic carbocycles. The summed E-state index contributed by atoms with van der Waals surface area (Å²) < 4.78 is 44.9. The lowest BCUT2D eigenvalue weighted by molar-refractivity contribution is 0.0596. The van der Waals surface area contributed by atoms with Gasteiger partial charge in [-0.3, -0.25) is 4.72 Å². The Kier molecular flexibility index (Phi) is 4.32. The van der Waals surface area contributed by atoms with E-state index in [4.69, 9.17) is 5.11 Å². The number of phenols is 1. The number of benzene rings is 2. The minimum absolute atomic E-state index is 0.170. The average Bonchev–Trinajstić information content (AvgIpc) is 2.49. The van der Waals surface area contributed by atoms with E-state index in [1.165, 1.54) is 24.3 Å². The molecule has 0 aliphatic heterocycles. The molecule has 0 aromatic heterocycles. The van der Waals surface area contributed by atoms with Gasteiger partial charge in [0.2, 0.25) is 0 Å². The summed E-state index contributed by atoms with van der Waals surface area (Å²) in [6, 6.07) is 8.36. The molecule has 0 saturated heterocycles. The molecule has 0 amide bonds. The fraction of sp³-hybridized carbons (Fsp3) is 0.0714. The number of hydrogen-bond donors (Lipinski definition) is 2. The first-order valence-corrected chi connectivity index (χ1v) is 7.52. The van der Waals surface area contributed by atoms with Crippen LogP contribution >= 0.6 is 0 Å². The summed E-state index contributed by atoms with van der Waals surface area (Å²) in [6.07, 6.45) is 0. The van der Waals surface area contributed by atoms with E-state index in [2.05, 4.69) is 4.74 Å². The van der Waals surface area contributed by atoms with Crippen LogP contribution in [0.3, 0.4) is 0 Å². The highest BCUT2D eigenvalue weighted by Gasteiger charge is 2.23. The molecule has 6 nitrogen and oxygen atoms in total. The van der Waals surface area contributed by atoms with E-state index in [0.717, 1.165) is 25.3 Å². The number of carbonyl (C=O) groups excluding carboxylic acids is 1. The quantitative estimate of drug-likeness (QED) is 0.663. The zero-order valence-corrected chi connectivity index (χ0v) is 12.2. The van der Waals surface area contributed by atoms with Crippen molar-refractivity contribution >= 4 is 21.7 Å². The summed E-state index contributed by atoms with van der Waals surface area (Å²) in [4.78, 5) is 11.3. The Hall–Kier alpha value is -2.61. The van der Waals surface area contributed by atoms with E-state index in [1.54, 1.807) is 0 Å². The topological polar surface area (TPSA) is 92.7 Å². The molecule has 0 fully saturated rings. The SMILES string of the molecule is COC(=O)c1ccccc1S(=O)(=O)Nc1ccc(O)cc1F. The number of methoxy groups -OCH3 is 1. The van der Waals surface area contributed by atoms with Crippen LogP contribution in [-0.2, 0) is 14.8 Å². The summed E-state index contributed by atoms with van der Waals surface area (Å²) >= 11 is 0. The second-order valence-electron chi connectivity index (χ2n) is 4.26. The van der Waals surface area contributed by atoms with Crippen LogP contribution in [0, 0.1) is 5.82 Å². The lowest BCUT2D eigenvalue weighted by atomic mass is 10.2. The summed E-state index contributed by atoms with van der Waals surface area (Å²) in [5.74, 6) is -2.11. The molecule has 0 atom stereocenters. The maximum absolute atomic E-state index is 13.6. The first-order chi connectivity index (χ1) is 10.3. The number of phenolic OH excluding ortho intramolecular Hbond substituents is 1. The Bertz CT molecular complexity index is 820. The molecule has 2 N–H and O–H groups in total. The second kappa shape index (κ2) is 6.02. The van der Waals surface area contributed by atoms with Gasteiger partial charge in [-0.25, -0.2) is 17.6 Å². The van der Waals surface area contributed by atoms with E-state index in [-0.39, 0.29) is 21.9 Å². The van der Waals surface area contributed by atoms with Crippen molar-refractivity contribution in [3.05, 3.63) is 53.8 Å². The number of rotatable bonds is 4. The van der Waals surface area contributed by atoms with Gasteiger partial charge in [0.25, 0.3) is 10.0 Å². The third-order valence-electron chi connectivity index (χ3n) is 2.78. The molecule has 2 aromatic rings. The molecule has 2 rings (SSSR count). The molecule has 0 heterocycles. The number of aromatic hydroxyl groups is 1. The van der Waals surface area contributed by atoms with Crippen LogP contribution in [-0.4, -0.2) is 26.6 Å². The first-order valence-electron chi connectivity index (χ1n) is 6.04. The number of nitrogens with one attached hydrogen (secondary N) is 1. The maximum atomic E-state index is 13.6. The Morgan fingerprint density at radius 2 is 1.91 bits per heavy atom. The summed E-state index contributed by atoms with van der Waals surface area (Å²) in [7, 11) is -3.08. The van der Waals surface area contributed by atoms with E-state index >= 15 is 0 Å². The normalized spacial score (nSPS) is 11.0. The van der Waals surface area contributed by atoms with Crippen LogP contribution in [0.5, 0.6) is 5.75 Å². The standard InChI is InChI=1S/C14H12FNO5S/c1-21-14(18)10-4-2-3-5-13(10)22(19,20)16-12-7-6-9(17)8-11(12)15/h2-8,16-17H,1H3. The average molecular weight is 325 g/mol. The molecule has 116 valence electrons. The predicted molar refractivity (Wildman–Crippen MR) is 76.7 cm³/mol. The zero-order valence-electron chi connectivity index (χ0n) is 11.4. The number of ether oxygens (including phenoxy) is 1. The van der Waals surface area contributed by atoms with Crippen molar-refractivity contribution in [1.29, 1.82) is 0 Å². The highest BCUT2D eigenvalue weighted by Crippen LogP contribution is 2.24. The monoisotopic (exact) mass is 325 g/mol. The van der Waals surface area contributed by atoms with Gasteiger partial charge in [-0.05, 0) is 24.3 Å². The van der Waals surface area contributed by atoms with Gasteiger partial charge in [0.05, 0.1) is 18.4 Å². The molecule has 0 saturated carbocycles. The minimum Gasteiger partial charge on any atom is -0.508 e. The maximum Gasteiger partial charge on any atom is 0.339 e. The highest BCUT2D eigenvalue weighted by molar-refractivity contribution is 7.92. The van der Waals surface area contributed by atoms with Gasteiger partial charge >= 0.3 is 5.97 Å². The minimum atomic E-state index is -4.21. The Morgan fingerprint density at radius 3 is 2.55 bits per heavy atom. The Morgan fingerprint density at radius 1 is 1.23 bits per heavy atom. The van der Waals surface area contributed by atoms with Crippen LogP contribution in [0.2, 0.25) is 0 Å². The van der Waals surface area contributed by atoms with Gasteiger partial charge in [-0.2, -0.15) is 0 Å². The summed E-state index contributed by atoms with van der Waals surface area (Å²) in [5, 5.41) is 9.12. The van der Waals surface area contributed by atoms with Crippen LogP contribution < -0.4 is 4.72 Å². The number of esters is 1.